The van der Waals surface area contributed by atoms with Gasteiger partial charge in [-0.1, -0.05) is 30.4 Å². The van der Waals surface area contributed by atoms with Crippen LogP contribution in [0.1, 0.15) is 18.1 Å². The van der Waals surface area contributed by atoms with Gasteiger partial charge in [-0.3, -0.25) is 9.47 Å². The Morgan fingerprint density at radius 3 is 2.51 bits per heavy atom. The van der Waals surface area contributed by atoms with E-state index in [9.17, 15) is 23.3 Å². The highest BCUT2D eigenvalue weighted by Gasteiger charge is 2.41. The van der Waals surface area contributed by atoms with E-state index in [1.807, 2.05) is 31.2 Å². The van der Waals surface area contributed by atoms with E-state index in [1.165, 1.54) is 18.3 Å². The molecule has 0 radical (unpaired) electrons. The lowest BCUT2D eigenvalue weighted by Crippen LogP contribution is -2.46. The second-order valence-electron chi connectivity index (χ2n) is 9.88. The lowest BCUT2D eigenvalue weighted by Gasteiger charge is -2.35. The second-order valence-corrected chi connectivity index (χ2v) is 9.88. The molecule has 206 valence electrons. The number of nitrogens with zero attached hydrogens (tertiary/aromatic N) is 5. The van der Waals surface area contributed by atoms with E-state index in [0.717, 1.165) is 37.9 Å². The van der Waals surface area contributed by atoms with Crippen LogP contribution in [0.4, 0.5) is 24.7 Å². The number of benzene rings is 2. The van der Waals surface area contributed by atoms with Gasteiger partial charge in [-0.2, -0.15) is 13.2 Å². The van der Waals surface area contributed by atoms with Gasteiger partial charge in [0.1, 0.15) is 18.6 Å². The minimum atomic E-state index is -4.37. The minimum absolute atomic E-state index is 0.175. The van der Waals surface area contributed by atoms with E-state index < -0.39 is 22.3 Å². The highest BCUT2D eigenvalue weighted by molar-refractivity contribution is 5.55. The number of piperazine rings is 1. The molecule has 1 aromatic heterocycles. The molecular weight excluding hydrogens is 515 g/mol. The Morgan fingerprint density at radius 1 is 1.13 bits per heavy atom. The topological polar surface area (TPSA) is 85.9 Å². The summed E-state index contributed by atoms with van der Waals surface area (Å²) in [5, 5.41) is 10.9. The molecule has 5 rings (SSSR count). The summed E-state index contributed by atoms with van der Waals surface area (Å²) in [6, 6.07) is 13.6. The molecule has 3 heterocycles. The third-order valence-electron chi connectivity index (χ3n) is 6.80. The van der Waals surface area contributed by atoms with Gasteiger partial charge in [0.15, 0.2) is 5.60 Å². The van der Waals surface area contributed by atoms with Crippen molar-refractivity contribution in [3.8, 4) is 11.8 Å². The van der Waals surface area contributed by atoms with Gasteiger partial charge in [-0.25, -0.2) is 0 Å². The number of imidazole rings is 1. The maximum Gasteiger partial charge on any atom is 0.416 e. The predicted octanol–water partition coefficient (Wildman–Crippen LogP) is 4.88. The number of ether oxygens (including phenoxy) is 2. The molecule has 9 nitrogen and oxygen atoms in total. The van der Waals surface area contributed by atoms with Crippen LogP contribution < -0.4 is 14.4 Å². The maximum absolute atomic E-state index is 13.2. The fourth-order valence-electron chi connectivity index (χ4n) is 4.76. The Balaban J connectivity index is 1.08. The lowest BCUT2D eigenvalue weighted by molar-refractivity contribution is -0.389. The summed E-state index contributed by atoms with van der Waals surface area (Å²) in [7, 11) is 0. The highest BCUT2D eigenvalue weighted by Crippen LogP contribution is 2.33. The molecule has 0 unspecified atom stereocenters. The first kappa shape index (κ1) is 26.5. The summed E-state index contributed by atoms with van der Waals surface area (Å²) >= 11 is 0. The van der Waals surface area contributed by atoms with Crippen LogP contribution in [-0.4, -0.2) is 64.3 Å². The van der Waals surface area contributed by atoms with Crippen molar-refractivity contribution in [2.24, 2.45) is 0 Å². The van der Waals surface area contributed by atoms with E-state index in [4.69, 9.17) is 9.47 Å². The fourth-order valence-corrected chi connectivity index (χ4v) is 4.76. The van der Waals surface area contributed by atoms with E-state index in [1.54, 1.807) is 22.8 Å². The Bertz CT molecular complexity index is 1320. The van der Waals surface area contributed by atoms with Crippen molar-refractivity contribution >= 4 is 17.6 Å². The van der Waals surface area contributed by atoms with Crippen molar-refractivity contribution < 1.29 is 27.6 Å². The Hall–Kier alpha value is -4.06. The smallest absolute Gasteiger partial charge is 0.416 e. The Kier molecular flexibility index (Phi) is 7.21. The van der Waals surface area contributed by atoms with Gasteiger partial charge in [-0.05, 0) is 47.7 Å². The third-order valence-corrected chi connectivity index (χ3v) is 6.80. The summed E-state index contributed by atoms with van der Waals surface area (Å²) in [6.07, 6.45) is 0.321. The molecule has 39 heavy (non-hydrogen) atoms. The normalized spacial score (nSPS) is 19.7. The molecule has 0 aliphatic carbocycles. The van der Waals surface area contributed by atoms with Gasteiger partial charge in [0, 0.05) is 43.4 Å². The third kappa shape index (κ3) is 6.17. The number of hydrogen-bond acceptors (Lipinski definition) is 7. The summed E-state index contributed by atoms with van der Waals surface area (Å²) in [5.74, 6) is 0.439. The molecule has 2 aliphatic heterocycles. The van der Waals surface area contributed by atoms with Crippen molar-refractivity contribution in [1.82, 2.24) is 14.5 Å². The van der Waals surface area contributed by atoms with E-state index in [2.05, 4.69) is 14.8 Å². The monoisotopic (exact) mass is 543 g/mol. The summed E-state index contributed by atoms with van der Waals surface area (Å²) in [4.78, 5) is 18.7. The Labute approximate surface area is 223 Å². The van der Waals surface area contributed by atoms with Gasteiger partial charge < -0.3 is 24.5 Å². The molecule has 0 spiro atoms. The van der Waals surface area contributed by atoms with E-state index in [0.29, 0.717) is 18.8 Å². The zero-order chi connectivity index (χ0) is 27.6. The number of anilines is 1. The summed E-state index contributed by atoms with van der Waals surface area (Å²) in [5.41, 5.74) is -0.0706. The van der Waals surface area contributed by atoms with Gasteiger partial charge >= 0.3 is 18.0 Å². The van der Waals surface area contributed by atoms with Crippen molar-refractivity contribution in [2.45, 2.75) is 25.2 Å². The fraction of sp³-hybridized carbons (Fsp3) is 0.370. The number of aromatic nitrogens is 2. The van der Waals surface area contributed by atoms with Crippen LogP contribution >= 0.6 is 0 Å². The number of nitro groups is 1. The average molecular weight is 544 g/mol. The summed E-state index contributed by atoms with van der Waals surface area (Å²) in [6.45, 7) is 6.30. The van der Waals surface area contributed by atoms with Crippen molar-refractivity contribution in [2.75, 3.05) is 44.2 Å². The molecule has 0 bridgehead atoms. The average Bonchev–Trinajstić information content (AvgIpc) is 3.44. The van der Waals surface area contributed by atoms with Gasteiger partial charge in [0.25, 0.3) is 0 Å². The first-order valence-electron chi connectivity index (χ1n) is 12.5. The van der Waals surface area contributed by atoms with Crippen LogP contribution in [0.25, 0.3) is 6.08 Å². The van der Waals surface area contributed by atoms with Gasteiger partial charge in [0.05, 0.1) is 12.1 Å². The highest BCUT2D eigenvalue weighted by atomic mass is 19.4. The standard InChI is InChI=1S/C27H28F3N5O4/c1-26(18-34-17-24(35(36)37)31-25(34)39-26)19-38-22-10-8-21(9-11-22)33-15-13-32(14-16-33)12-4-6-20-5-2-3-7-23(20)27(28,29)30/h2-11,17H,12-16,18-19H2,1H3/b6-4+/t26-/m1/s1. The minimum Gasteiger partial charge on any atom is -0.489 e. The van der Waals surface area contributed by atoms with Crippen LogP contribution in [0.5, 0.6) is 11.8 Å². The van der Waals surface area contributed by atoms with Crippen molar-refractivity contribution in [1.29, 1.82) is 0 Å². The molecule has 0 N–H and O–H groups in total. The van der Waals surface area contributed by atoms with E-state index in [-0.39, 0.29) is 24.0 Å². The molecule has 0 amide bonds. The SMILES string of the molecule is C[C@]1(COc2ccc(N3CCN(C/C=C/c4ccccc4C(F)(F)F)CC3)cc2)Cn2cc([N+](=O)[O-])nc2O1. The number of fused-ring (bicyclic) bond motifs is 1. The maximum atomic E-state index is 13.2. The molecule has 2 aromatic carbocycles. The lowest BCUT2D eigenvalue weighted by atomic mass is 10.1. The first-order chi connectivity index (χ1) is 18.6. The van der Waals surface area contributed by atoms with Crippen LogP contribution in [-0.2, 0) is 12.7 Å². The zero-order valence-electron chi connectivity index (χ0n) is 21.3. The molecule has 1 saturated heterocycles. The van der Waals surface area contributed by atoms with Crippen molar-refractivity contribution in [3.05, 3.63) is 82.0 Å². The predicted molar refractivity (Wildman–Crippen MR) is 139 cm³/mol. The van der Waals surface area contributed by atoms with Gasteiger partial charge in [0.2, 0.25) is 0 Å². The van der Waals surface area contributed by atoms with Crippen LogP contribution in [0, 0.1) is 10.1 Å². The van der Waals surface area contributed by atoms with Crippen LogP contribution in [0.15, 0.2) is 60.8 Å². The zero-order valence-corrected chi connectivity index (χ0v) is 21.3. The number of hydrogen-bond donors (Lipinski definition) is 0. The number of halogens is 3. The van der Waals surface area contributed by atoms with E-state index >= 15 is 0 Å². The van der Waals surface area contributed by atoms with Crippen LogP contribution in [0.2, 0.25) is 0 Å². The molecule has 3 aromatic rings. The summed E-state index contributed by atoms with van der Waals surface area (Å²) < 4.78 is 52.9. The molecule has 1 fully saturated rings. The molecular formula is C27H28F3N5O4. The van der Waals surface area contributed by atoms with Crippen LogP contribution in [0.3, 0.4) is 0 Å². The molecule has 12 heteroatoms. The number of alkyl halides is 3. The van der Waals surface area contributed by atoms with Gasteiger partial charge in [-0.15, -0.1) is 0 Å². The molecule has 2 aliphatic rings. The van der Waals surface area contributed by atoms with Crippen molar-refractivity contribution in [3.63, 3.8) is 0 Å². The second kappa shape index (κ2) is 10.6. The number of rotatable bonds is 8. The quantitative estimate of drug-likeness (QED) is 0.296. The largest absolute Gasteiger partial charge is 0.489 e. The first-order valence-corrected chi connectivity index (χ1v) is 12.5. The molecule has 0 saturated carbocycles. The molecule has 1 atom stereocenters. The Morgan fingerprint density at radius 2 is 1.85 bits per heavy atom.